The van der Waals surface area contributed by atoms with Gasteiger partial charge in [-0.1, -0.05) is 38.3 Å². The van der Waals surface area contributed by atoms with E-state index in [9.17, 15) is 14.4 Å². The van der Waals surface area contributed by atoms with Crippen LogP contribution in [0.4, 0.5) is 5.69 Å². The van der Waals surface area contributed by atoms with Gasteiger partial charge in [0.2, 0.25) is 17.7 Å². The van der Waals surface area contributed by atoms with Crippen molar-refractivity contribution in [3.8, 4) is 5.75 Å². The van der Waals surface area contributed by atoms with E-state index in [0.717, 1.165) is 37.1 Å². The number of ether oxygens (including phenoxy) is 1. The number of carbonyl (C=O) groups excluding carboxylic acids is 3. The molecule has 162 valence electrons. The first-order chi connectivity index (χ1) is 14.4. The number of halogens is 2. The molecule has 1 N–H and O–H groups in total. The fourth-order valence-electron chi connectivity index (χ4n) is 5.26. The summed E-state index contributed by atoms with van der Waals surface area (Å²) >= 11 is 7.42. The van der Waals surface area contributed by atoms with Crippen LogP contribution in [0.15, 0.2) is 24.3 Å². The molecule has 3 aliphatic rings. The average Bonchev–Trinajstić information content (AvgIpc) is 3.34. The molecule has 1 heterocycles. The Kier molecular flexibility index (Phi) is 6.53. The third-order valence-electron chi connectivity index (χ3n) is 6.74. The summed E-state index contributed by atoms with van der Waals surface area (Å²) in [6.45, 7) is 0.462. The number of imide groups is 1. The number of anilines is 1. The third kappa shape index (κ3) is 3.93. The van der Waals surface area contributed by atoms with E-state index in [0.29, 0.717) is 13.0 Å². The van der Waals surface area contributed by atoms with Gasteiger partial charge in [-0.05, 0) is 55.4 Å². The fourth-order valence-corrected chi connectivity index (χ4v) is 7.13. The van der Waals surface area contributed by atoms with Gasteiger partial charge >= 0.3 is 0 Å². The normalized spacial score (nSPS) is 31.9. The largest absolute Gasteiger partial charge is 0.497 e. The van der Waals surface area contributed by atoms with Crippen LogP contribution in [0, 0.1) is 23.7 Å². The predicted molar refractivity (Wildman–Crippen MR) is 121 cm³/mol. The SMILES string of the molecule is COc1ccc(NC(=O)CCCCCN2C(=O)[C@H]3[C@@H]4C[C@@H]([C@@H](Br)[C@H]4Br)[C@@H]3C2=O)cc1. The van der Waals surface area contributed by atoms with Crippen molar-refractivity contribution in [2.24, 2.45) is 23.7 Å². The lowest BCUT2D eigenvalue weighted by atomic mass is 9.81. The van der Waals surface area contributed by atoms with Gasteiger partial charge in [-0.2, -0.15) is 0 Å². The molecular formula is C22H26Br2N2O4. The van der Waals surface area contributed by atoms with Crippen molar-refractivity contribution in [2.75, 3.05) is 19.0 Å². The molecular weight excluding hydrogens is 516 g/mol. The van der Waals surface area contributed by atoms with Gasteiger partial charge in [-0.15, -0.1) is 0 Å². The number of hydrogen-bond acceptors (Lipinski definition) is 4. The van der Waals surface area contributed by atoms with Gasteiger partial charge in [0.1, 0.15) is 5.75 Å². The van der Waals surface area contributed by atoms with Crippen LogP contribution in [0.2, 0.25) is 0 Å². The molecule has 3 fully saturated rings. The lowest BCUT2D eigenvalue weighted by molar-refractivity contribution is -0.140. The fraction of sp³-hybridized carbons (Fsp3) is 0.591. The Hall–Kier alpha value is -1.41. The number of likely N-dealkylation sites (tertiary alicyclic amines) is 1. The molecule has 6 atom stereocenters. The lowest BCUT2D eigenvalue weighted by Crippen LogP contribution is -2.37. The zero-order valence-corrected chi connectivity index (χ0v) is 20.0. The van der Waals surface area contributed by atoms with Crippen molar-refractivity contribution in [1.82, 2.24) is 4.90 Å². The maximum absolute atomic E-state index is 12.9. The Bertz CT molecular complexity index is 799. The highest BCUT2D eigenvalue weighted by molar-refractivity contribution is 9.12. The molecule has 1 aromatic carbocycles. The average molecular weight is 542 g/mol. The standard InChI is InChI=1S/C22H26Br2N2O4/c1-30-13-8-6-12(7-9-13)25-16(27)5-3-2-4-10-26-21(28)17-14-11-15(18(17)22(26)29)20(24)19(14)23/h6-9,14-15,17-20H,2-5,10-11H2,1H3,(H,25,27)/t14-,15+,17-,18-,19-,20+/m0/s1. The molecule has 30 heavy (non-hydrogen) atoms. The van der Waals surface area contributed by atoms with Gasteiger partial charge in [0, 0.05) is 28.3 Å². The van der Waals surface area contributed by atoms with Gasteiger partial charge < -0.3 is 10.1 Å². The van der Waals surface area contributed by atoms with E-state index in [-0.39, 0.29) is 51.0 Å². The lowest BCUT2D eigenvalue weighted by Gasteiger charge is -2.28. The van der Waals surface area contributed by atoms with Crippen molar-refractivity contribution in [3.63, 3.8) is 0 Å². The van der Waals surface area contributed by atoms with Crippen LogP contribution in [-0.2, 0) is 14.4 Å². The van der Waals surface area contributed by atoms with Crippen LogP contribution < -0.4 is 10.1 Å². The number of alkyl halides is 2. The summed E-state index contributed by atoms with van der Waals surface area (Å²) in [5.41, 5.74) is 0.741. The van der Waals surface area contributed by atoms with E-state index in [4.69, 9.17) is 4.74 Å². The number of hydrogen-bond donors (Lipinski definition) is 1. The number of amides is 3. The highest BCUT2D eigenvalue weighted by Gasteiger charge is 2.66. The van der Waals surface area contributed by atoms with E-state index in [1.165, 1.54) is 4.90 Å². The number of methoxy groups -OCH3 is 1. The molecule has 2 saturated carbocycles. The summed E-state index contributed by atoms with van der Waals surface area (Å²) in [5.74, 6) is 0.963. The first-order valence-electron chi connectivity index (χ1n) is 10.5. The van der Waals surface area contributed by atoms with Crippen LogP contribution in [-0.4, -0.2) is 45.9 Å². The van der Waals surface area contributed by atoms with Gasteiger partial charge in [0.15, 0.2) is 0 Å². The Morgan fingerprint density at radius 3 is 2.20 bits per heavy atom. The van der Waals surface area contributed by atoms with Gasteiger partial charge in [0.25, 0.3) is 0 Å². The van der Waals surface area contributed by atoms with Crippen molar-refractivity contribution >= 4 is 55.3 Å². The topological polar surface area (TPSA) is 75.7 Å². The Labute approximate surface area is 193 Å². The molecule has 1 aromatic rings. The molecule has 1 saturated heterocycles. The van der Waals surface area contributed by atoms with Crippen LogP contribution in [0.25, 0.3) is 0 Å². The predicted octanol–water partition coefficient (Wildman–Crippen LogP) is 3.97. The number of rotatable bonds is 8. The molecule has 1 aliphatic heterocycles. The minimum absolute atomic E-state index is 0.0126. The second-order valence-corrected chi connectivity index (χ2v) is 10.5. The van der Waals surface area contributed by atoms with Crippen molar-refractivity contribution in [3.05, 3.63) is 24.3 Å². The van der Waals surface area contributed by atoms with E-state index < -0.39 is 0 Å². The molecule has 8 heteroatoms. The van der Waals surface area contributed by atoms with E-state index >= 15 is 0 Å². The van der Waals surface area contributed by atoms with E-state index in [2.05, 4.69) is 37.2 Å². The molecule has 3 amide bonds. The van der Waals surface area contributed by atoms with Crippen LogP contribution in [0.1, 0.15) is 32.1 Å². The summed E-state index contributed by atoms with van der Waals surface area (Å²) in [6.07, 6.45) is 3.63. The third-order valence-corrected chi connectivity index (χ3v) is 9.94. The Morgan fingerprint density at radius 1 is 1.03 bits per heavy atom. The minimum Gasteiger partial charge on any atom is -0.497 e. The number of benzene rings is 1. The number of unbranched alkanes of at least 4 members (excludes halogenated alkanes) is 2. The summed E-state index contributed by atoms with van der Waals surface area (Å²) in [5, 5.41) is 2.87. The highest BCUT2D eigenvalue weighted by Crippen LogP contribution is 2.60. The number of nitrogens with zero attached hydrogens (tertiary/aromatic N) is 1. The van der Waals surface area contributed by atoms with Gasteiger partial charge in [-0.3, -0.25) is 19.3 Å². The van der Waals surface area contributed by atoms with Crippen LogP contribution in [0.3, 0.4) is 0 Å². The smallest absolute Gasteiger partial charge is 0.233 e. The first-order valence-corrected chi connectivity index (χ1v) is 12.3. The van der Waals surface area contributed by atoms with Gasteiger partial charge in [0.05, 0.1) is 18.9 Å². The van der Waals surface area contributed by atoms with Crippen molar-refractivity contribution in [1.29, 1.82) is 0 Å². The molecule has 0 unspecified atom stereocenters. The molecule has 0 aromatic heterocycles. The number of carbonyl (C=O) groups is 3. The summed E-state index contributed by atoms with van der Waals surface area (Å²) in [6, 6.07) is 7.22. The molecule has 6 nitrogen and oxygen atoms in total. The van der Waals surface area contributed by atoms with Gasteiger partial charge in [-0.25, -0.2) is 0 Å². The van der Waals surface area contributed by atoms with E-state index in [1.54, 1.807) is 31.4 Å². The Balaban J connectivity index is 1.19. The zero-order valence-electron chi connectivity index (χ0n) is 16.9. The maximum Gasteiger partial charge on any atom is 0.233 e. The second-order valence-electron chi connectivity index (χ2n) is 8.42. The Morgan fingerprint density at radius 2 is 1.63 bits per heavy atom. The second kappa shape index (κ2) is 8.99. The first kappa shape index (κ1) is 21.8. The number of fused-ring (bicyclic) bond motifs is 5. The zero-order chi connectivity index (χ0) is 21.4. The number of nitrogens with one attached hydrogen (secondary N) is 1. The molecule has 2 aliphatic carbocycles. The quantitative estimate of drug-likeness (QED) is 0.307. The molecule has 0 radical (unpaired) electrons. The highest BCUT2D eigenvalue weighted by atomic mass is 79.9. The minimum atomic E-state index is -0.143. The monoisotopic (exact) mass is 540 g/mol. The summed E-state index contributed by atoms with van der Waals surface area (Å²) in [4.78, 5) is 39.8. The van der Waals surface area contributed by atoms with E-state index in [1.807, 2.05) is 0 Å². The van der Waals surface area contributed by atoms with Crippen molar-refractivity contribution in [2.45, 2.75) is 41.8 Å². The molecule has 0 spiro atoms. The van der Waals surface area contributed by atoms with Crippen LogP contribution in [0.5, 0.6) is 5.75 Å². The molecule has 4 rings (SSSR count). The van der Waals surface area contributed by atoms with Crippen molar-refractivity contribution < 1.29 is 19.1 Å². The van der Waals surface area contributed by atoms with Crippen LogP contribution >= 0.6 is 31.9 Å². The summed E-state index contributed by atoms with van der Waals surface area (Å²) < 4.78 is 5.10. The molecule has 2 bridgehead atoms. The maximum atomic E-state index is 12.9. The summed E-state index contributed by atoms with van der Waals surface area (Å²) in [7, 11) is 1.60.